The van der Waals surface area contributed by atoms with Crippen molar-refractivity contribution in [3.05, 3.63) is 17.7 Å². The number of aromatic carboxylic acids is 1. The minimum absolute atomic E-state index is 0.0850. The normalized spacial score (nSPS) is 12.8. The monoisotopic (exact) mass is 279 g/mol. The van der Waals surface area contributed by atoms with E-state index in [4.69, 9.17) is 0 Å². The number of hydrogen-bond donors (Lipinski definition) is 1. The Hall–Kier alpha value is -1.65. The molecular weight excluding hydrogens is 254 g/mol. The zero-order valence-electron chi connectivity index (χ0n) is 13.2. The van der Waals surface area contributed by atoms with Gasteiger partial charge in [0.1, 0.15) is 5.82 Å². The fourth-order valence-electron chi connectivity index (χ4n) is 2.16. The summed E-state index contributed by atoms with van der Waals surface area (Å²) < 4.78 is 0. The number of aromatic nitrogens is 2. The maximum absolute atomic E-state index is 11.4. The van der Waals surface area contributed by atoms with Crippen LogP contribution in [0.4, 0.5) is 5.69 Å². The molecule has 1 atom stereocenters. The van der Waals surface area contributed by atoms with Crippen LogP contribution in [0.2, 0.25) is 0 Å². The fraction of sp³-hybridized carbons (Fsp3) is 0.667. The van der Waals surface area contributed by atoms with E-state index in [0.717, 1.165) is 6.42 Å². The summed E-state index contributed by atoms with van der Waals surface area (Å²) in [6.45, 7) is 10.3. The molecule has 0 bridgehead atoms. The lowest BCUT2D eigenvalue weighted by Gasteiger charge is -2.29. The van der Waals surface area contributed by atoms with E-state index in [2.05, 4.69) is 30.7 Å². The van der Waals surface area contributed by atoms with Gasteiger partial charge in [-0.2, -0.15) is 0 Å². The SMILES string of the molecule is CC(C)CC(C)N(C)c1cnc(C(C)C)nc1C(=O)O. The van der Waals surface area contributed by atoms with E-state index in [9.17, 15) is 9.90 Å². The van der Waals surface area contributed by atoms with E-state index < -0.39 is 5.97 Å². The molecule has 0 aromatic carbocycles. The summed E-state index contributed by atoms with van der Waals surface area (Å²) >= 11 is 0. The third-order valence-electron chi connectivity index (χ3n) is 3.36. The van der Waals surface area contributed by atoms with Crippen molar-refractivity contribution in [2.24, 2.45) is 5.92 Å². The maximum Gasteiger partial charge on any atom is 0.356 e. The second kappa shape index (κ2) is 6.68. The third kappa shape index (κ3) is 3.92. The smallest absolute Gasteiger partial charge is 0.356 e. The highest BCUT2D eigenvalue weighted by molar-refractivity contribution is 5.92. The van der Waals surface area contributed by atoms with E-state index in [1.54, 1.807) is 6.20 Å². The van der Waals surface area contributed by atoms with Crippen LogP contribution in [0.1, 0.15) is 63.3 Å². The molecule has 1 heterocycles. The Kier molecular flexibility index (Phi) is 5.48. The molecule has 1 rings (SSSR count). The van der Waals surface area contributed by atoms with Gasteiger partial charge in [-0.15, -0.1) is 0 Å². The Bertz CT molecular complexity index is 472. The predicted octanol–water partition coefficient (Wildman–Crippen LogP) is 3.17. The van der Waals surface area contributed by atoms with Gasteiger partial charge in [0.05, 0.1) is 11.9 Å². The first-order valence-corrected chi connectivity index (χ1v) is 7.07. The summed E-state index contributed by atoms with van der Waals surface area (Å²) in [4.78, 5) is 21.9. The Labute approximate surface area is 121 Å². The first kappa shape index (κ1) is 16.4. The Balaban J connectivity index is 3.13. The highest BCUT2D eigenvalue weighted by atomic mass is 16.4. The van der Waals surface area contributed by atoms with Crippen LogP contribution < -0.4 is 4.90 Å². The van der Waals surface area contributed by atoms with Gasteiger partial charge in [0.25, 0.3) is 0 Å². The van der Waals surface area contributed by atoms with Crippen LogP contribution in [-0.4, -0.2) is 34.1 Å². The largest absolute Gasteiger partial charge is 0.476 e. The van der Waals surface area contributed by atoms with Crippen molar-refractivity contribution in [3.8, 4) is 0 Å². The van der Waals surface area contributed by atoms with Gasteiger partial charge in [0.15, 0.2) is 5.69 Å². The molecule has 1 N–H and O–H groups in total. The van der Waals surface area contributed by atoms with Gasteiger partial charge in [-0.05, 0) is 19.3 Å². The molecule has 5 heteroatoms. The van der Waals surface area contributed by atoms with E-state index in [1.165, 1.54) is 0 Å². The maximum atomic E-state index is 11.4. The van der Waals surface area contributed by atoms with E-state index in [-0.39, 0.29) is 17.7 Å². The molecule has 5 nitrogen and oxygen atoms in total. The van der Waals surface area contributed by atoms with Crippen molar-refractivity contribution in [2.45, 2.75) is 53.0 Å². The van der Waals surface area contributed by atoms with Crippen molar-refractivity contribution >= 4 is 11.7 Å². The molecule has 1 aromatic rings. The number of carboxylic acid groups (broad SMARTS) is 1. The molecule has 0 aliphatic heterocycles. The molecule has 1 aromatic heterocycles. The Morgan fingerprint density at radius 3 is 2.35 bits per heavy atom. The van der Waals surface area contributed by atoms with Gasteiger partial charge in [0, 0.05) is 19.0 Å². The molecule has 0 fully saturated rings. The summed E-state index contributed by atoms with van der Waals surface area (Å²) in [5.74, 6) is 0.223. The first-order chi connectivity index (χ1) is 9.23. The minimum atomic E-state index is -1.01. The Morgan fingerprint density at radius 1 is 1.30 bits per heavy atom. The number of hydrogen-bond acceptors (Lipinski definition) is 4. The van der Waals surface area contributed by atoms with Crippen LogP contribution in [0.3, 0.4) is 0 Å². The fourth-order valence-corrected chi connectivity index (χ4v) is 2.16. The Morgan fingerprint density at radius 2 is 1.90 bits per heavy atom. The number of anilines is 1. The van der Waals surface area contributed by atoms with Crippen LogP contribution in [0.5, 0.6) is 0 Å². The van der Waals surface area contributed by atoms with E-state index in [0.29, 0.717) is 17.4 Å². The first-order valence-electron chi connectivity index (χ1n) is 7.07. The predicted molar refractivity (Wildman–Crippen MR) is 80.4 cm³/mol. The summed E-state index contributed by atoms with van der Waals surface area (Å²) in [5.41, 5.74) is 0.664. The summed E-state index contributed by atoms with van der Waals surface area (Å²) in [6, 6.07) is 0.238. The van der Waals surface area contributed by atoms with Crippen molar-refractivity contribution in [2.75, 3.05) is 11.9 Å². The molecule has 0 amide bonds. The zero-order valence-corrected chi connectivity index (χ0v) is 13.2. The molecule has 1 unspecified atom stereocenters. The van der Waals surface area contributed by atoms with Crippen molar-refractivity contribution in [1.29, 1.82) is 0 Å². The molecule has 0 aliphatic rings. The van der Waals surface area contributed by atoms with Crippen molar-refractivity contribution in [1.82, 2.24) is 9.97 Å². The van der Waals surface area contributed by atoms with Crippen LogP contribution in [0, 0.1) is 5.92 Å². The summed E-state index contributed by atoms with van der Waals surface area (Å²) in [5, 5.41) is 9.37. The standard InChI is InChI=1S/C15H25N3O2/c1-9(2)7-11(5)18(6)12-8-16-14(10(3)4)17-13(12)15(19)20/h8-11H,7H2,1-6H3,(H,19,20). The van der Waals surface area contributed by atoms with Crippen LogP contribution in [-0.2, 0) is 0 Å². The lowest BCUT2D eigenvalue weighted by molar-refractivity contribution is 0.0690. The third-order valence-corrected chi connectivity index (χ3v) is 3.36. The number of carbonyl (C=O) groups is 1. The summed E-state index contributed by atoms with van der Waals surface area (Å²) in [7, 11) is 1.90. The van der Waals surface area contributed by atoms with Gasteiger partial charge in [-0.1, -0.05) is 27.7 Å². The van der Waals surface area contributed by atoms with Gasteiger partial charge in [-0.3, -0.25) is 0 Å². The molecule has 0 radical (unpaired) electrons. The molecule has 0 spiro atoms. The van der Waals surface area contributed by atoms with Gasteiger partial charge in [-0.25, -0.2) is 14.8 Å². The number of carboxylic acids is 1. The average molecular weight is 279 g/mol. The summed E-state index contributed by atoms with van der Waals surface area (Å²) in [6.07, 6.45) is 2.62. The van der Waals surface area contributed by atoms with E-state index >= 15 is 0 Å². The lowest BCUT2D eigenvalue weighted by Crippen LogP contribution is -2.32. The second-order valence-electron chi connectivity index (χ2n) is 6.01. The molecule has 0 saturated heterocycles. The quantitative estimate of drug-likeness (QED) is 0.866. The minimum Gasteiger partial charge on any atom is -0.476 e. The zero-order chi connectivity index (χ0) is 15.4. The van der Waals surface area contributed by atoms with Crippen molar-refractivity contribution < 1.29 is 9.90 Å². The highest BCUT2D eigenvalue weighted by Crippen LogP contribution is 2.23. The second-order valence-corrected chi connectivity index (χ2v) is 6.01. The molecule has 0 saturated carbocycles. The molecule has 0 aliphatic carbocycles. The molecule has 112 valence electrons. The van der Waals surface area contributed by atoms with Gasteiger partial charge in [0.2, 0.25) is 0 Å². The van der Waals surface area contributed by atoms with E-state index in [1.807, 2.05) is 25.8 Å². The average Bonchev–Trinajstić information content (AvgIpc) is 2.36. The topological polar surface area (TPSA) is 66.3 Å². The molecular formula is C15H25N3O2. The number of rotatable bonds is 6. The van der Waals surface area contributed by atoms with Gasteiger partial charge >= 0.3 is 5.97 Å². The highest BCUT2D eigenvalue weighted by Gasteiger charge is 2.21. The number of nitrogens with zero attached hydrogens (tertiary/aromatic N) is 3. The van der Waals surface area contributed by atoms with Crippen LogP contribution >= 0.6 is 0 Å². The molecule has 20 heavy (non-hydrogen) atoms. The van der Waals surface area contributed by atoms with Crippen LogP contribution in [0.25, 0.3) is 0 Å². The van der Waals surface area contributed by atoms with Gasteiger partial charge < -0.3 is 10.0 Å². The van der Waals surface area contributed by atoms with Crippen molar-refractivity contribution in [3.63, 3.8) is 0 Å². The lowest BCUT2D eigenvalue weighted by atomic mass is 10.0. The van der Waals surface area contributed by atoms with Crippen LogP contribution in [0.15, 0.2) is 6.20 Å².